The molecule has 1 aromatic carbocycles. The second-order valence-corrected chi connectivity index (χ2v) is 3.90. The lowest BCUT2D eigenvalue weighted by Gasteiger charge is -1.96. The lowest BCUT2D eigenvalue weighted by Crippen LogP contribution is -2.13. The van der Waals surface area contributed by atoms with E-state index in [1.165, 1.54) is 0 Å². The van der Waals surface area contributed by atoms with Crippen molar-refractivity contribution in [3.8, 4) is 0 Å². The number of nitrogens with zero attached hydrogens (tertiary/aromatic N) is 1. The quantitative estimate of drug-likeness (QED) is 0.776. The van der Waals surface area contributed by atoms with Crippen LogP contribution in [-0.2, 0) is 0 Å². The van der Waals surface area contributed by atoms with Gasteiger partial charge in [0.1, 0.15) is 0 Å². The number of nitrogens with one attached hydrogen (secondary N) is 2. The zero-order valence-corrected chi connectivity index (χ0v) is 9.36. The van der Waals surface area contributed by atoms with Gasteiger partial charge in [0, 0.05) is 13.1 Å². The molecule has 0 saturated heterocycles. The molecule has 80 valence electrons. The summed E-state index contributed by atoms with van der Waals surface area (Å²) < 4.78 is 0. The third-order valence-corrected chi connectivity index (χ3v) is 2.68. The molecule has 0 spiro atoms. The van der Waals surface area contributed by atoms with Gasteiger partial charge in [0.05, 0.1) is 21.1 Å². The summed E-state index contributed by atoms with van der Waals surface area (Å²) in [5.74, 6) is 0.675. The molecule has 1 heterocycles. The van der Waals surface area contributed by atoms with Crippen molar-refractivity contribution in [3.63, 3.8) is 0 Å². The molecule has 0 fully saturated rings. The number of H-pyrrole nitrogens is 1. The van der Waals surface area contributed by atoms with E-state index in [2.05, 4.69) is 15.3 Å². The monoisotopic (exact) mass is 244 g/mol. The number of fused-ring (bicyclic) bond motifs is 1. The summed E-state index contributed by atoms with van der Waals surface area (Å²) in [6.07, 6.45) is 0. The van der Waals surface area contributed by atoms with Crippen molar-refractivity contribution in [1.29, 1.82) is 0 Å². The zero-order valence-electron chi connectivity index (χ0n) is 7.85. The largest absolute Gasteiger partial charge is 0.355 e. The van der Waals surface area contributed by atoms with Crippen LogP contribution in [0.25, 0.3) is 11.0 Å². The number of halogens is 2. The van der Waals surface area contributed by atoms with Gasteiger partial charge in [-0.2, -0.15) is 0 Å². The predicted molar refractivity (Wildman–Crippen MR) is 63.7 cm³/mol. The van der Waals surface area contributed by atoms with Crippen LogP contribution in [0.1, 0.15) is 0 Å². The fourth-order valence-electron chi connectivity index (χ4n) is 1.28. The number of nitrogens with two attached hydrogens (primary N) is 1. The first-order chi connectivity index (χ1) is 7.20. The normalized spacial score (nSPS) is 10.9. The first-order valence-electron chi connectivity index (χ1n) is 4.49. The molecule has 6 heteroatoms. The van der Waals surface area contributed by atoms with Crippen LogP contribution >= 0.6 is 23.2 Å². The van der Waals surface area contributed by atoms with Gasteiger partial charge in [-0.3, -0.25) is 0 Å². The number of rotatable bonds is 3. The Morgan fingerprint density at radius 3 is 2.80 bits per heavy atom. The SMILES string of the molecule is NCCNc1nc2cc(Cl)c(Cl)cc2[nH]1. The highest BCUT2D eigenvalue weighted by atomic mass is 35.5. The number of benzene rings is 1. The molecule has 0 aliphatic rings. The Morgan fingerprint density at radius 2 is 2.07 bits per heavy atom. The van der Waals surface area contributed by atoms with Crippen molar-refractivity contribution in [2.45, 2.75) is 0 Å². The van der Waals surface area contributed by atoms with Crippen molar-refractivity contribution in [3.05, 3.63) is 22.2 Å². The molecule has 0 saturated carbocycles. The van der Waals surface area contributed by atoms with Crippen LogP contribution in [0, 0.1) is 0 Å². The number of aromatic nitrogens is 2. The highest BCUT2D eigenvalue weighted by molar-refractivity contribution is 6.42. The van der Waals surface area contributed by atoms with E-state index in [1.807, 2.05) is 0 Å². The topological polar surface area (TPSA) is 66.7 Å². The van der Waals surface area contributed by atoms with Gasteiger partial charge in [-0.25, -0.2) is 4.98 Å². The highest BCUT2D eigenvalue weighted by Crippen LogP contribution is 2.27. The summed E-state index contributed by atoms with van der Waals surface area (Å²) in [6.45, 7) is 1.22. The Balaban J connectivity index is 2.38. The summed E-state index contributed by atoms with van der Waals surface area (Å²) in [4.78, 5) is 7.36. The minimum atomic E-state index is 0.501. The molecule has 2 aromatic rings. The van der Waals surface area contributed by atoms with Crippen LogP contribution in [0.15, 0.2) is 12.1 Å². The van der Waals surface area contributed by atoms with Crippen molar-refractivity contribution in [2.24, 2.45) is 5.73 Å². The third-order valence-electron chi connectivity index (χ3n) is 1.96. The molecular weight excluding hydrogens is 235 g/mol. The van der Waals surface area contributed by atoms with Crippen molar-refractivity contribution >= 4 is 40.2 Å². The average molecular weight is 245 g/mol. The van der Waals surface area contributed by atoms with E-state index in [1.54, 1.807) is 12.1 Å². The average Bonchev–Trinajstić information content (AvgIpc) is 2.58. The Kier molecular flexibility index (Phi) is 3.00. The molecule has 0 aliphatic carbocycles. The lowest BCUT2D eigenvalue weighted by molar-refractivity contribution is 1.00. The molecule has 2 rings (SSSR count). The predicted octanol–water partition coefficient (Wildman–Crippen LogP) is 2.24. The summed E-state index contributed by atoms with van der Waals surface area (Å²) in [5, 5.41) is 4.06. The maximum atomic E-state index is 5.88. The van der Waals surface area contributed by atoms with E-state index in [0.717, 1.165) is 11.0 Å². The van der Waals surface area contributed by atoms with Gasteiger partial charge < -0.3 is 16.0 Å². The number of aromatic amines is 1. The molecule has 0 aliphatic heterocycles. The summed E-state index contributed by atoms with van der Waals surface area (Å²) in [5.41, 5.74) is 7.00. The molecule has 4 nitrogen and oxygen atoms in total. The van der Waals surface area contributed by atoms with Crippen molar-refractivity contribution in [1.82, 2.24) is 9.97 Å². The Morgan fingerprint density at radius 1 is 1.33 bits per heavy atom. The maximum Gasteiger partial charge on any atom is 0.201 e. The van der Waals surface area contributed by atoms with Gasteiger partial charge in [-0.15, -0.1) is 0 Å². The van der Waals surface area contributed by atoms with Crippen molar-refractivity contribution < 1.29 is 0 Å². The number of anilines is 1. The van der Waals surface area contributed by atoms with Crippen molar-refractivity contribution in [2.75, 3.05) is 18.4 Å². The van der Waals surface area contributed by atoms with Crippen LogP contribution in [-0.4, -0.2) is 23.1 Å². The van der Waals surface area contributed by atoms with E-state index in [0.29, 0.717) is 29.1 Å². The molecule has 0 unspecified atom stereocenters. The highest BCUT2D eigenvalue weighted by Gasteiger charge is 2.05. The standard InChI is InChI=1S/C9H10Cl2N4/c10-5-3-7-8(4-6(5)11)15-9(14-7)13-2-1-12/h3-4H,1-2,12H2,(H2,13,14,15). The summed E-state index contributed by atoms with van der Waals surface area (Å²) >= 11 is 11.8. The molecule has 1 aromatic heterocycles. The molecule has 0 bridgehead atoms. The fourth-order valence-corrected chi connectivity index (χ4v) is 1.60. The van der Waals surface area contributed by atoms with Crippen LogP contribution in [0.3, 0.4) is 0 Å². The van der Waals surface area contributed by atoms with Gasteiger partial charge >= 0.3 is 0 Å². The number of hydrogen-bond acceptors (Lipinski definition) is 3. The van der Waals surface area contributed by atoms with E-state index in [-0.39, 0.29) is 0 Å². The van der Waals surface area contributed by atoms with Crippen LogP contribution < -0.4 is 11.1 Å². The Labute approximate surface area is 96.8 Å². The van der Waals surface area contributed by atoms with Gasteiger partial charge in [-0.05, 0) is 12.1 Å². The van der Waals surface area contributed by atoms with E-state index >= 15 is 0 Å². The first kappa shape index (κ1) is 10.5. The number of imidazole rings is 1. The van der Waals surface area contributed by atoms with E-state index in [4.69, 9.17) is 28.9 Å². The van der Waals surface area contributed by atoms with Crippen LogP contribution in [0.5, 0.6) is 0 Å². The molecule has 4 N–H and O–H groups in total. The first-order valence-corrected chi connectivity index (χ1v) is 5.25. The second-order valence-electron chi connectivity index (χ2n) is 3.08. The molecule has 0 radical (unpaired) electrons. The number of hydrogen-bond donors (Lipinski definition) is 3. The minimum Gasteiger partial charge on any atom is -0.355 e. The third kappa shape index (κ3) is 2.17. The van der Waals surface area contributed by atoms with E-state index in [9.17, 15) is 0 Å². The molecule has 0 amide bonds. The van der Waals surface area contributed by atoms with E-state index < -0.39 is 0 Å². The maximum absolute atomic E-state index is 5.88. The Bertz CT molecular complexity index is 441. The summed E-state index contributed by atoms with van der Waals surface area (Å²) in [7, 11) is 0. The Hall–Kier alpha value is -0.970. The smallest absolute Gasteiger partial charge is 0.201 e. The molecular formula is C9H10Cl2N4. The van der Waals surface area contributed by atoms with Crippen LogP contribution in [0.4, 0.5) is 5.95 Å². The van der Waals surface area contributed by atoms with Crippen LogP contribution in [0.2, 0.25) is 10.0 Å². The molecule has 15 heavy (non-hydrogen) atoms. The van der Waals surface area contributed by atoms with Gasteiger partial charge in [0.25, 0.3) is 0 Å². The second kappa shape index (κ2) is 4.26. The minimum absolute atomic E-state index is 0.501. The van der Waals surface area contributed by atoms with Gasteiger partial charge in [0.15, 0.2) is 0 Å². The zero-order chi connectivity index (χ0) is 10.8. The fraction of sp³-hybridized carbons (Fsp3) is 0.222. The molecule has 0 atom stereocenters. The summed E-state index contributed by atoms with van der Waals surface area (Å²) in [6, 6.07) is 3.48. The lowest BCUT2D eigenvalue weighted by atomic mass is 10.3. The van der Waals surface area contributed by atoms with Gasteiger partial charge in [-0.1, -0.05) is 23.2 Å². The van der Waals surface area contributed by atoms with Gasteiger partial charge in [0.2, 0.25) is 5.95 Å².